The second-order valence-corrected chi connectivity index (χ2v) is 7.62. The molecule has 1 fully saturated rings. The van der Waals surface area contributed by atoms with Crippen LogP contribution >= 0.6 is 0 Å². The highest BCUT2D eigenvalue weighted by molar-refractivity contribution is 5.93. The highest BCUT2D eigenvalue weighted by atomic mass is 16.1. The summed E-state index contributed by atoms with van der Waals surface area (Å²) in [6, 6.07) is 11.7. The van der Waals surface area contributed by atoms with E-state index in [1.54, 1.807) is 0 Å². The molecule has 2 aromatic rings. The normalized spacial score (nSPS) is 14.8. The fourth-order valence-electron chi connectivity index (χ4n) is 3.42. The van der Waals surface area contributed by atoms with Gasteiger partial charge in [-0.3, -0.25) is 4.79 Å². The van der Waals surface area contributed by atoms with Gasteiger partial charge in [0.2, 0.25) is 0 Å². The topological polar surface area (TPSA) is 61.4 Å². The number of hydrogen-bond donors (Lipinski definition) is 1. The molecule has 1 N–H and O–H groups in total. The Morgan fingerprint density at radius 1 is 1.07 bits per heavy atom. The van der Waals surface area contributed by atoms with Crippen molar-refractivity contribution in [3.63, 3.8) is 0 Å². The molecule has 0 aliphatic carbocycles. The summed E-state index contributed by atoms with van der Waals surface area (Å²) in [5.74, 6) is 1.34. The summed E-state index contributed by atoms with van der Waals surface area (Å²) < 4.78 is 0. The molecule has 1 saturated heterocycles. The molecule has 0 spiro atoms. The molecule has 1 aliphatic rings. The monoisotopic (exact) mass is 381 g/mol. The lowest BCUT2D eigenvalue weighted by molar-refractivity contribution is 0.0947. The Morgan fingerprint density at radius 2 is 1.79 bits per heavy atom. The van der Waals surface area contributed by atoms with Crippen molar-refractivity contribution < 1.29 is 4.79 Å². The van der Waals surface area contributed by atoms with Gasteiger partial charge in [-0.25, -0.2) is 9.97 Å². The van der Waals surface area contributed by atoms with Gasteiger partial charge in [0.1, 0.15) is 11.5 Å². The summed E-state index contributed by atoms with van der Waals surface area (Å²) in [7, 11) is 4.07. The first-order valence-corrected chi connectivity index (χ1v) is 10.3. The van der Waals surface area contributed by atoms with Crippen molar-refractivity contribution in [2.75, 3.05) is 45.2 Å². The van der Waals surface area contributed by atoms with E-state index >= 15 is 0 Å². The largest absolute Gasteiger partial charge is 0.356 e. The Labute approximate surface area is 168 Å². The number of carbonyl (C=O) groups is 1. The molecular weight excluding hydrogens is 350 g/mol. The molecule has 0 unspecified atom stereocenters. The van der Waals surface area contributed by atoms with Crippen LogP contribution in [0.3, 0.4) is 0 Å². The first kappa shape index (κ1) is 20.3. The van der Waals surface area contributed by atoms with Gasteiger partial charge < -0.3 is 15.1 Å². The first-order chi connectivity index (χ1) is 13.6. The summed E-state index contributed by atoms with van der Waals surface area (Å²) >= 11 is 0. The van der Waals surface area contributed by atoms with Crippen molar-refractivity contribution in [1.82, 2.24) is 20.2 Å². The number of nitrogens with one attached hydrogen (secondary N) is 1. The van der Waals surface area contributed by atoms with Crippen LogP contribution in [0.25, 0.3) is 11.4 Å². The average Bonchev–Trinajstić information content (AvgIpc) is 3.01. The number of anilines is 1. The third-order valence-electron chi connectivity index (χ3n) is 4.97. The maximum Gasteiger partial charge on any atom is 0.270 e. The summed E-state index contributed by atoms with van der Waals surface area (Å²) in [4.78, 5) is 26.5. The Kier molecular flexibility index (Phi) is 7.37. The van der Waals surface area contributed by atoms with Crippen molar-refractivity contribution in [2.24, 2.45) is 0 Å². The summed E-state index contributed by atoms with van der Waals surface area (Å²) in [6.07, 6.45) is 5.75. The van der Waals surface area contributed by atoms with Gasteiger partial charge >= 0.3 is 0 Å². The molecule has 0 atom stereocenters. The van der Waals surface area contributed by atoms with Crippen molar-refractivity contribution in [2.45, 2.75) is 32.1 Å². The van der Waals surface area contributed by atoms with Gasteiger partial charge in [0.25, 0.3) is 5.91 Å². The highest BCUT2D eigenvalue weighted by Crippen LogP contribution is 2.22. The predicted octanol–water partition coefficient (Wildman–Crippen LogP) is 3.21. The lowest BCUT2D eigenvalue weighted by Gasteiger charge is -2.22. The van der Waals surface area contributed by atoms with E-state index in [2.05, 4.69) is 20.1 Å². The van der Waals surface area contributed by atoms with E-state index in [-0.39, 0.29) is 5.91 Å². The highest BCUT2D eigenvalue weighted by Gasteiger charge is 2.17. The maximum atomic E-state index is 12.7. The number of amides is 1. The second kappa shape index (κ2) is 10.2. The van der Waals surface area contributed by atoms with Gasteiger partial charge in [0, 0.05) is 31.3 Å². The molecule has 1 aliphatic heterocycles. The van der Waals surface area contributed by atoms with E-state index in [9.17, 15) is 4.79 Å². The van der Waals surface area contributed by atoms with Crippen LogP contribution in [0.1, 0.15) is 42.6 Å². The van der Waals surface area contributed by atoms with E-state index in [0.717, 1.165) is 50.3 Å². The standard InChI is InChI=1S/C22H31N5O/c1-26(2)14-10-13-23-22(28)19-17-20(27-15-8-3-4-9-16-27)25-21(24-19)18-11-6-5-7-12-18/h5-7,11-12,17H,3-4,8-10,13-16H2,1-2H3,(H,23,28). The van der Waals surface area contributed by atoms with E-state index in [4.69, 9.17) is 4.98 Å². The molecule has 0 bridgehead atoms. The molecule has 3 rings (SSSR count). The number of aromatic nitrogens is 2. The SMILES string of the molecule is CN(C)CCCNC(=O)c1cc(N2CCCCCC2)nc(-c2ccccc2)n1. The lowest BCUT2D eigenvalue weighted by atomic mass is 10.2. The van der Waals surface area contributed by atoms with E-state index in [1.165, 1.54) is 12.8 Å². The fourth-order valence-corrected chi connectivity index (χ4v) is 3.42. The zero-order valence-corrected chi connectivity index (χ0v) is 17.0. The van der Waals surface area contributed by atoms with E-state index < -0.39 is 0 Å². The quantitative estimate of drug-likeness (QED) is 0.746. The second-order valence-electron chi connectivity index (χ2n) is 7.62. The zero-order chi connectivity index (χ0) is 19.8. The van der Waals surface area contributed by atoms with Crippen molar-refractivity contribution in [1.29, 1.82) is 0 Å². The predicted molar refractivity (Wildman–Crippen MR) is 114 cm³/mol. The number of rotatable bonds is 7. The average molecular weight is 382 g/mol. The molecule has 150 valence electrons. The molecule has 1 amide bonds. The molecule has 2 heterocycles. The van der Waals surface area contributed by atoms with E-state index in [0.29, 0.717) is 18.1 Å². The molecule has 6 nitrogen and oxygen atoms in total. The third kappa shape index (κ3) is 5.76. The Hall–Kier alpha value is -2.47. The number of carbonyl (C=O) groups excluding carboxylic acids is 1. The Balaban J connectivity index is 1.83. The van der Waals surface area contributed by atoms with Crippen LogP contribution in [-0.4, -0.2) is 61.0 Å². The molecule has 0 saturated carbocycles. The summed E-state index contributed by atoms with van der Waals surface area (Å²) in [6.45, 7) is 3.54. The molecule has 6 heteroatoms. The van der Waals surface area contributed by atoms with Crippen molar-refractivity contribution in [3.05, 3.63) is 42.1 Å². The van der Waals surface area contributed by atoms with Crippen LogP contribution in [0.5, 0.6) is 0 Å². The molecule has 1 aromatic heterocycles. The van der Waals surface area contributed by atoms with Crippen molar-refractivity contribution in [3.8, 4) is 11.4 Å². The van der Waals surface area contributed by atoms with Crippen LogP contribution in [0.2, 0.25) is 0 Å². The van der Waals surface area contributed by atoms with Gasteiger partial charge in [-0.2, -0.15) is 0 Å². The minimum Gasteiger partial charge on any atom is -0.356 e. The van der Waals surface area contributed by atoms with Gasteiger partial charge in [0.15, 0.2) is 5.82 Å². The van der Waals surface area contributed by atoms with Gasteiger partial charge in [-0.15, -0.1) is 0 Å². The summed E-state index contributed by atoms with van der Waals surface area (Å²) in [5.41, 5.74) is 1.37. The summed E-state index contributed by atoms with van der Waals surface area (Å²) in [5, 5.41) is 3.00. The smallest absolute Gasteiger partial charge is 0.270 e. The Morgan fingerprint density at radius 3 is 2.46 bits per heavy atom. The van der Waals surface area contributed by atoms with Crippen LogP contribution in [0.15, 0.2) is 36.4 Å². The number of hydrogen-bond acceptors (Lipinski definition) is 5. The van der Waals surface area contributed by atoms with Crippen LogP contribution < -0.4 is 10.2 Å². The zero-order valence-electron chi connectivity index (χ0n) is 17.0. The molecule has 1 aromatic carbocycles. The minimum atomic E-state index is -0.130. The first-order valence-electron chi connectivity index (χ1n) is 10.3. The van der Waals surface area contributed by atoms with Gasteiger partial charge in [-0.05, 0) is 39.9 Å². The van der Waals surface area contributed by atoms with Crippen LogP contribution in [0, 0.1) is 0 Å². The molecule has 28 heavy (non-hydrogen) atoms. The van der Waals surface area contributed by atoms with Gasteiger partial charge in [-0.1, -0.05) is 43.2 Å². The molecule has 0 radical (unpaired) electrons. The molecular formula is C22H31N5O. The fraction of sp³-hybridized carbons (Fsp3) is 0.500. The van der Waals surface area contributed by atoms with E-state index in [1.807, 2.05) is 50.5 Å². The van der Waals surface area contributed by atoms with Gasteiger partial charge in [0.05, 0.1) is 0 Å². The Bertz CT molecular complexity index is 755. The number of nitrogens with zero attached hydrogens (tertiary/aromatic N) is 4. The third-order valence-corrected chi connectivity index (χ3v) is 4.97. The number of benzene rings is 1. The van der Waals surface area contributed by atoms with Crippen LogP contribution in [0.4, 0.5) is 5.82 Å². The van der Waals surface area contributed by atoms with Crippen molar-refractivity contribution >= 4 is 11.7 Å². The van der Waals surface area contributed by atoms with Crippen LogP contribution in [-0.2, 0) is 0 Å². The maximum absolute atomic E-state index is 12.7. The lowest BCUT2D eigenvalue weighted by Crippen LogP contribution is -2.29. The minimum absolute atomic E-state index is 0.130.